The number of carbonyl (C=O) groups is 1. The van der Waals surface area contributed by atoms with Crippen LogP contribution in [0.1, 0.15) is 41.4 Å². The van der Waals surface area contributed by atoms with Crippen LogP contribution < -0.4 is 5.32 Å². The van der Waals surface area contributed by atoms with Gasteiger partial charge in [0.05, 0.1) is 18.7 Å². The molecule has 0 spiro atoms. The quantitative estimate of drug-likeness (QED) is 0.530. The molecule has 0 fully saturated rings. The van der Waals surface area contributed by atoms with Crippen molar-refractivity contribution < 1.29 is 9.53 Å². The standard InChI is InChI=1S/C24H23NO2/c1-3-27-24(26)21-13-6-9-19(17-21)10-8-16-25-18(2)22-15-7-12-20-11-4-5-14-23(20)22/h4-7,9,11-15,17-18,25H,3,16H2,1-2H3. The summed E-state index contributed by atoms with van der Waals surface area (Å²) in [6, 6.07) is 22.2. The van der Waals surface area contributed by atoms with E-state index in [2.05, 4.69) is 66.5 Å². The molecule has 0 saturated carbocycles. The number of hydrogen-bond acceptors (Lipinski definition) is 3. The Morgan fingerprint density at radius 2 is 1.85 bits per heavy atom. The van der Waals surface area contributed by atoms with Crippen molar-refractivity contribution in [1.82, 2.24) is 5.32 Å². The van der Waals surface area contributed by atoms with Crippen molar-refractivity contribution in [3.05, 3.63) is 83.4 Å². The van der Waals surface area contributed by atoms with Gasteiger partial charge in [-0.2, -0.15) is 0 Å². The Bertz CT molecular complexity index is 992. The Hall–Kier alpha value is -3.09. The van der Waals surface area contributed by atoms with Crippen molar-refractivity contribution >= 4 is 16.7 Å². The lowest BCUT2D eigenvalue weighted by atomic mass is 10.00. The molecule has 3 aromatic rings. The van der Waals surface area contributed by atoms with E-state index in [1.54, 1.807) is 19.1 Å². The van der Waals surface area contributed by atoms with E-state index in [1.807, 2.05) is 12.1 Å². The first kappa shape index (κ1) is 18.7. The van der Waals surface area contributed by atoms with E-state index in [-0.39, 0.29) is 12.0 Å². The Kier molecular flexibility index (Phi) is 6.25. The Morgan fingerprint density at radius 1 is 1.07 bits per heavy atom. The molecule has 0 bridgehead atoms. The first-order chi connectivity index (χ1) is 13.2. The first-order valence-corrected chi connectivity index (χ1v) is 9.16. The van der Waals surface area contributed by atoms with Crippen LogP contribution in [0.25, 0.3) is 10.8 Å². The third-order valence-corrected chi connectivity index (χ3v) is 4.39. The molecule has 0 heterocycles. The molecule has 3 rings (SSSR count). The maximum absolute atomic E-state index is 11.8. The van der Waals surface area contributed by atoms with Crippen molar-refractivity contribution in [2.45, 2.75) is 19.9 Å². The maximum Gasteiger partial charge on any atom is 0.338 e. The fourth-order valence-corrected chi connectivity index (χ4v) is 3.03. The van der Waals surface area contributed by atoms with E-state index < -0.39 is 0 Å². The molecule has 0 aliphatic heterocycles. The van der Waals surface area contributed by atoms with Crippen LogP contribution in [0.2, 0.25) is 0 Å². The van der Waals surface area contributed by atoms with E-state index >= 15 is 0 Å². The maximum atomic E-state index is 11.8. The highest BCUT2D eigenvalue weighted by atomic mass is 16.5. The lowest BCUT2D eigenvalue weighted by Gasteiger charge is -2.15. The molecule has 3 heteroatoms. The Labute approximate surface area is 160 Å². The summed E-state index contributed by atoms with van der Waals surface area (Å²) in [5.41, 5.74) is 2.60. The first-order valence-electron chi connectivity index (χ1n) is 9.16. The highest BCUT2D eigenvalue weighted by molar-refractivity contribution is 5.89. The number of esters is 1. The predicted molar refractivity (Wildman–Crippen MR) is 110 cm³/mol. The van der Waals surface area contributed by atoms with Gasteiger partial charge in [-0.1, -0.05) is 60.4 Å². The van der Waals surface area contributed by atoms with Crippen molar-refractivity contribution in [2.75, 3.05) is 13.2 Å². The van der Waals surface area contributed by atoms with Gasteiger partial charge in [-0.3, -0.25) is 5.32 Å². The molecule has 136 valence electrons. The average molecular weight is 357 g/mol. The van der Waals surface area contributed by atoms with Gasteiger partial charge < -0.3 is 4.74 Å². The van der Waals surface area contributed by atoms with Crippen LogP contribution in [0.5, 0.6) is 0 Å². The normalized spacial score (nSPS) is 11.5. The monoisotopic (exact) mass is 357 g/mol. The van der Waals surface area contributed by atoms with Gasteiger partial charge in [-0.05, 0) is 48.4 Å². The molecule has 3 nitrogen and oxygen atoms in total. The van der Waals surface area contributed by atoms with E-state index in [0.29, 0.717) is 18.7 Å². The van der Waals surface area contributed by atoms with E-state index in [0.717, 1.165) is 5.56 Å². The van der Waals surface area contributed by atoms with Crippen LogP contribution in [0.3, 0.4) is 0 Å². The van der Waals surface area contributed by atoms with Crippen LogP contribution in [0.15, 0.2) is 66.7 Å². The number of rotatable bonds is 5. The Balaban J connectivity index is 1.65. The summed E-state index contributed by atoms with van der Waals surface area (Å²) in [7, 11) is 0. The molecule has 1 N–H and O–H groups in total. The van der Waals surface area contributed by atoms with Gasteiger partial charge in [0.2, 0.25) is 0 Å². The molecule has 0 amide bonds. The third-order valence-electron chi connectivity index (χ3n) is 4.39. The van der Waals surface area contributed by atoms with Gasteiger partial charge in [0.25, 0.3) is 0 Å². The van der Waals surface area contributed by atoms with Crippen molar-refractivity contribution in [1.29, 1.82) is 0 Å². The number of hydrogen-bond donors (Lipinski definition) is 1. The number of carbonyl (C=O) groups excluding carboxylic acids is 1. The van der Waals surface area contributed by atoms with E-state index in [9.17, 15) is 4.79 Å². The van der Waals surface area contributed by atoms with E-state index in [4.69, 9.17) is 4.74 Å². The van der Waals surface area contributed by atoms with Gasteiger partial charge in [0.1, 0.15) is 0 Å². The summed E-state index contributed by atoms with van der Waals surface area (Å²) in [6.07, 6.45) is 0. The van der Waals surface area contributed by atoms with Gasteiger partial charge >= 0.3 is 5.97 Å². The molecule has 27 heavy (non-hydrogen) atoms. The van der Waals surface area contributed by atoms with Gasteiger partial charge in [0, 0.05) is 11.6 Å². The van der Waals surface area contributed by atoms with Crippen molar-refractivity contribution in [3.8, 4) is 11.8 Å². The fourth-order valence-electron chi connectivity index (χ4n) is 3.03. The lowest BCUT2D eigenvalue weighted by molar-refractivity contribution is 0.0526. The number of fused-ring (bicyclic) bond motifs is 1. The topological polar surface area (TPSA) is 38.3 Å². The lowest BCUT2D eigenvalue weighted by Crippen LogP contribution is -2.19. The molecule has 1 unspecified atom stereocenters. The van der Waals surface area contributed by atoms with Gasteiger partial charge in [0.15, 0.2) is 0 Å². The highest BCUT2D eigenvalue weighted by Gasteiger charge is 2.08. The summed E-state index contributed by atoms with van der Waals surface area (Å²) in [5.74, 6) is 5.93. The second kappa shape index (κ2) is 9.02. The van der Waals surface area contributed by atoms with Crippen LogP contribution in [-0.4, -0.2) is 19.1 Å². The average Bonchev–Trinajstić information content (AvgIpc) is 2.71. The van der Waals surface area contributed by atoms with Crippen LogP contribution >= 0.6 is 0 Å². The summed E-state index contributed by atoms with van der Waals surface area (Å²) < 4.78 is 5.02. The molecule has 0 radical (unpaired) electrons. The summed E-state index contributed by atoms with van der Waals surface area (Å²) in [4.78, 5) is 11.8. The summed E-state index contributed by atoms with van der Waals surface area (Å²) in [5, 5.41) is 5.95. The molecule has 0 aliphatic rings. The zero-order valence-electron chi connectivity index (χ0n) is 15.7. The molecule has 0 aliphatic carbocycles. The van der Waals surface area contributed by atoms with Crippen LogP contribution in [0.4, 0.5) is 0 Å². The molecular formula is C24H23NO2. The van der Waals surface area contributed by atoms with Crippen molar-refractivity contribution in [2.24, 2.45) is 0 Å². The smallest absolute Gasteiger partial charge is 0.338 e. The van der Waals surface area contributed by atoms with Crippen molar-refractivity contribution in [3.63, 3.8) is 0 Å². The molecular weight excluding hydrogens is 334 g/mol. The Morgan fingerprint density at radius 3 is 2.70 bits per heavy atom. The SMILES string of the molecule is CCOC(=O)c1cccc(C#CCNC(C)c2cccc3ccccc23)c1. The van der Waals surface area contributed by atoms with E-state index in [1.165, 1.54) is 16.3 Å². The summed E-state index contributed by atoms with van der Waals surface area (Å²) in [6.45, 7) is 4.87. The largest absolute Gasteiger partial charge is 0.462 e. The molecule has 3 aromatic carbocycles. The third kappa shape index (κ3) is 4.75. The highest BCUT2D eigenvalue weighted by Crippen LogP contribution is 2.23. The molecule has 0 saturated heterocycles. The minimum atomic E-state index is -0.316. The fraction of sp³-hybridized carbons (Fsp3) is 0.208. The minimum absolute atomic E-state index is 0.191. The number of nitrogens with one attached hydrogen (secondary N) is 1. The predicted octanol–water partition coefficient (Wildman–Crippen LogP) is 4.72. The number of ether oxygens (including phenoxy) is 1. The molecule has 0 aromatic heterocycles. The van der Waals surface area contributed by atoms with Crippen LogP contribution in [-0.2, 0) is 4.74 Å². The second-order valence-electron chi connectivity index (χ2n) is 6.27. The second-order valence-corrected chi connectivity index (χ2v) is 6.27. The zero-order chi connectivity index (χ0) is 19.1. The van der Waals surface area contributed by atoms with Crippen LogP contribution in [0, 0.1) is 11.8 Å². The van der Waals surface area contributed by atoms with Gasteiger partial charge in [-0.25, -0.2) is 4.79 Å². The number of benzene rings is 3. The van der Waals surface area contributed by atoms with Gasteiger partial charge in [-0.15, -0.1) is 0 Å². The minimum Gasteiger partial charge on any atom is -0.462 e. The molecule has 1 atom stereocenters. The summed E-state index contributed by atoms with van der Waals surface area (Å²) >= 11 is 0. The zero-order valence-corrected chi connectivity index (χ0v) is 15.7.